The van der Waals surface area contributed by atoms with Crippen LogP contribution in [0.3, 0.4) is 0 Å². The first kappa shape index (κ1) is 26.0. The van der Waals surface area contributed by atoms with Crippen LogP contribution in [0.1, 0.15) is 57.4 Å². The maximum atomic E-state index is 13.8. The molecule has 12 heteroatoms. The van der Waals surface area contributed by atoms with Gasteiger partial charge in [0.1, 0.15) is 10.9 Å². The van der Waals surface area contributed by atoms with Crippen LogP contribution >= 0.6 is 22.9 Å². The van der Waals surface area contributed by atoms with Crippen LogP contribution in [-0.4, -0.2) is 44.8 Å². The highest BCUT2D eigenvalue weighted by atomic mass is 32.1. The Morgan fingerprint density at radius 2 is 1.97 bits per heavy atom. The van der Waals surface area contributed by atoms with Gasteiger partial charge in [-0.2, -0.15) is 4.37 Å². The molecule has 10 nitrogen and oxygen atoms in total. The van der Waals surface area contributed by atoms with Gasteiger partial charge in [0.05, 0.1) is 19.3 Å². The van der Waals surface area contributed by atoms with Gasteiger partial charge in [-0.15, -0.1) is 11.3 Å². The van der Waals surface area contributed by atoms with Crippen LogP contribution in [0.4, 0.5) is 5.69 Å². The largest absolute Gasteiger partial charge is 0.504 e. The molecule has 186 valence electrons. The molecule has 2 heterocycles. The number of primary amides is 1. The van der Waals surface area contributed by atoms with E-state index in [1.54, 1.807) is 6.07 Å². The lowest BCUT2D eigenvalue weighted by molar-refractivity contribution is -0.127. The number of thiophene rings is 1. The van der Waals surface area contributed by atoms with Gasteiger partial charge in [0, 0.05) is 10.4 Å². The van der Waals surface area contributed by atoms with E-state index in [0.29, 0.717) is 5.56 Å². The van der Waals surface area contributed by atoms with E-state index in [4.69, 9.17) is 16.2 Å². The number of aromatic hydroxyl groups is 1. The number of benzene rings is 1. The molecule has 1 atom stereocenters. The highest BCUT2D eigenvalue weighted by Crippen LogP contribution is 2.35. The third-order valence-electron chi connectivity index (χ3n) is 4.90. The van der Waals surface area contributed by atoms with Crippen LogP contribution in [0.15, 0.2) is 35.7 Å². The fourth-order valence-electron chi connectivity index (χ4n) is 3.39. The van der Waals surface area contributed by atoms with Crippen molar-refractivity contribution in [2.75, 3.05) is 12.8 Å². The number of ether oxygens (including phenoxy) is 1. The molecule has 0 radical (unpaired) electrons. The van der Waals surface area contributed by atoms with E-state index in [1.165, 1.54) is 35.5 Å². The normalized spacial score (nSPS) is 12.1. The minimum Gasteiger partial charge on any atom is -0.504 e. The molecule has 0 saturated carbocycles. The average Bonchev–Trinajstić information content (AvgIpc) is 3.42. The Bertz CT molecular complexity index is 1230. The van der Waals surface area contributed by atoms with Crippen molar-refractivity contribution in [3.8, 4) is 11.5 Å². The molecule has 0 bridgehead atoms. The summed E-state index contributed by atoms with van der Waals surface area (Å²) in [4.78, 5) is 41.3. The predicted octanol–water partition coefficient (Wildman–Crippen LogP) is 2.90. The minimum absolute atomic E-state index is 0.00495. The zero-order chi connectivity index (χ0) is 25.9. The summed E-state index contributed by atoms with van der Waals surface area (Å²) in [7, 11) is 1.39. The van der Waals surface area contributed by atoms with Gasteiger partial charge in [-0.3, -0.25) is 14.4 Å². The van der Waals surface area contributed by atoms with Gasteiger partial charge in [0.25, 0.3) is 11.8 Å². The summed E-state index contributed by atoms with van der Waals surface area (Å²) in [6.07, 6.45) is 0. The number of hydrogen-bond donors (Lipinski definition) is 4. The molecule has 0 spiro atoms. The second kappa shape index (κ2) is 10.3. The molecular formula is C23H27N5O5S2. The standard InChI is InChI=1S/C23H27N5O5S2/c1-23(2,3)26-21(31)18(12-7-8-14(29)15(10-12)33-4)28(11-13-6-5-9-34-13)22(32)19-16(24)17(20(25)30)27-35-19/h5-10,18,29H,11,24H2,1-4H3,(H2,25,30)(H,26,31). The Hall–Kier alpha value is -3.64. The Labute approximate surface area is 210 Å². The number of anilines is 1. The fourth-order valence-corrected chi connectivity index (χ4v) is 4.85. The number of carbonyl (C=O) groups is 3. The maximum Gasteiger partial charge on any atom is 0.270 e. The highest BCUT2D eigenvalue weighted by Gasteiger charge is 2.36. The summed E-state index contributed by atoms with van der Waals surface area (Å²) < 4.78 is 9.17. The summed E-state index contributed by atoms with van der Waals surface area (Å²) in [5.41, 5.74) is 10.8. The van der Waals surface area contributed by atoms with Crippen LogP contribution < -0.4 is 21.5 Å². The first-order valence-electron chi connectivity index (χ1n) is 10.5. The zero-order valence-electron chi connectivity index (χ0n) is 19.7. The lowest BCUT2D eigenvalue weighted by Crippen LogP contribution is -2.49. The second-order valence-electron chi connectivity index (χ2n) is 8.72. The maximum absolute atomic E-state index is 13.8. The number of carbonyl (C=O) groups excluding carboxylic acids is 3. The lowest BCUT2D eigenvalue weighted by atomic mass is 10.0. The van der Waals surface area contributed by atoms with Gasteiger partial charge in [0.2, 0.25) is 5.91 Å². The van der Waals surface area contributed by atoms with Gasteiger partial charge in [-0.1, -0.05) is 12.1 Å². The number of amides is 3. The quantitative estimate of drug-likeness (QED) is 0.357. The van der Waals surface area contributed by atoms with Crippen molar-refractivity contribution in [2.24, 2.45) is 5.73 Å². The fraction of sp³-hybridized carbons (Fsp3) is 0.304. The summed E-state index contributed by atoms with van der Waals surface area (Å²) in [6, 6.07) is 6.99. The first-order valence-corrected chi connectivity index (χ1v) is 12.2. The van der Waals surface area contributed by atoms with E-state index in [1.807, 2.05) is 38.3 Å². The van der Waals surface area contributed by atoms with Crippen LogP contribution in [0.25, 0.3) is 0 Å². The molecule has 6 N–H and O–H groups in total. The van der Waals surface area contributed by atoms with Crippen molar-refractivity contribution in [3.05, 3.63) is 56.7 Å². The van der Waals surface area contributed by atoms with Gasteiger partial charge >= 0.3 is 0 Å². The van der Waals surface area contributed by atoms with Crippen LogP contribution in [0, 0.1) is 0 Å². The number of methoxy groups -OCH3 is 1. The number of phenolic OH excluding ortho intramolecular Hbond substituents is 1. The highest BCUT2D eigenvalue weighted by molar-refractivity contribution is 7.10. The van der Waals surface area contributed by atoms with Crippen LogP contribution in [0.5, 0.6) is 11.5 Å². The Morgan fingerprint density at radius 3 is 2.51 bits per heavy atom. The second-order valence-corrected chi connectivity index (χ2v) is 10.5. The van der Waals surface area contributed by atoms with Gasteiger partial charge in [-0.05, 0) is 61.4 Å². The van der Waals surface area contributed by atoms with Gasteiger partial charge < -0.3 is 31.5 Å². The van der Waals surface area contributed by atoms with E-state index in [9.17, 15) is 19.5 Å². The number of hydrogen-bond acceptors (Lipinski definition) is 9. The summed E-state index contributed by atoms with van der Waals surface area (Å²) in [5, 5.41) is 14.9. The predicted molar refractivity (Wildman–Crippen MR) is 135 cm³/mol. The summed E-state index contributed by atoms with van der Waals surface area (Å²) >= 11 is 2.16. The number of nitrogens with one attached hydrogen (secondary N) is 1. The Morgan fingerprint density at radius 1 is 1.26 bits per heavy atom. The molecule has 2 aromatic heterocycles. The molecule has 1 unspecified atom stereocenters. The van der Waals surface area contributed by atoms with Crippen LogP contribution in [0.2, 0.25) is 0 Å². The molecule has 0 aliphatic heterocycles. The molecular weight excluding hydrogens is 490 g/mol. The SMILES string of the molecule is COc1cc(C(C(=O)NC(C)(C)C)N(Cc2cccs2)C(=O)c2snc(C(N)=O)c2N)ccc1O. The summed E-state index contributed by atoms with van der Waals surface area (Å²) in [5.74, 6) is -1.86. The zero-order valence-corrected chi connectivity index (χ0v) is 21.3. The smallest absolute Gasteiger partial charge is 0.270 e. The van der Waals surface area contributed by atoms with E-state index in [-0.39, 0.29) is 34.3 Å². The van der Waals surface area contributed by atoms with Crippen molar-refractivity contribution in [3.63, 3.8) is 0 Å². The van der Waals surface area contributed by atoms with E-state index in [2.05, 4.69) is 9.69 Å². The van der Waals surface area contributed by atoms with E-state index >= 15 is 0 Å². The van der Waals surface area contributed by atoms with Crippen molar-refractivity contribution >= 4 is 46.3 Å². The van der Waals surface area contributed by atoms with Crippen molar-refractivity contribution in [2.45, 2.75) is 38.9 Å². The molecule has 0 fully saturated rings. The van der Waals surface area contributed by atoms with E-state index in [0.717, 1.165) is 16.4 Å². The minimum atomic E-state index is -1.13. The van der Waals surface area contributed by atoms with Crippen molar-refractivity contribution in [1.82, 2.24) is 14.6 Å². The van der Waals surface area contributed by atoms with E-state index < -0.39 is 29.3 Å². The number of nitrogens with zero attached hydrogens (tertiary/aromatic N) is 2. The topological polar surface area (TPSA) is 161 Å². The molecule has 0 aliphatic carbocycles. The number of rotatable bonds is 8. The Kier molecular flexibility index (Phi) is 7.66. The lowest BCUT2D eigenvalue weighted by Gasteiger charge is -2.33. The number of phenols is 1. The molecule has 0 aliphatic rings. The molecule has 3 aromatic rings. The molecule has 1 aromatic carbocycles. The first-order chi connectivity index (χ1) is 16.4. The molecule has 35 heavy (non-hydrogen) atoms. The number of aromatic nitrogens is 1. The van der Waals surface area contributed by atoms with Crippen LogP contribution in [-0.2, 0) is 11.3 Å². The molecule has 0 saturated heterocycles. The third kappa shape index (κ3) is 5.89. The third-order valence-corrected chi connectivity index (χ3v) is 6.61. The number of nitrogens with two attached hydrogens (primary N) is 2. The average molecular weight is 518 g/mol. The summed E-state index contributed by atoms with van der Waals surface area (Å²) in [6.45, 7) is 5.55. The van der Waals surface area contributed by atoms with Gasteiger partial charge in [-0.25, -0.2) is 0 Å². The monoisotopic (exact) mass is 517 g/mol. The molecule has 3 rings (SSSR count). The van der Waals surface area contributed by atoms with Crippen molar-refractivity contribution < 1.29 is 24.2 Å². The molecule has 3 amide bonds. The number of nitrogen functional groups attached to an aromatic ring is 1. The van der Waals surface area contributed by atoms with Crippen molar-refractivity contribution in [1.29, 1.82) is 0 Å². The van der Waals surface area contributed by atoms with Gasteiger partial charge in [0.15, 0.2) is 17.2 Å². The Balaban J connectivity index is 2.18.